The third kappa shape index (κ3) is 4.18. The first-order valence-electron chi connectivity index (χ1n) is 11.4. The Balaban J connectivity index is 1.48. The summed E-state index contributed by atoms with van der Waals surface area (Å²) in [5.41, 5.74) is 3.38. The molecular formula is C27H28N2O5S. The molecule has 0 spiro atoms. The van der Waals surface area contributed by atoms with E-state index in [9.17, 15) is 8.42 Å². The first-order valence-corrected chi connectivity index (χ1v) is 12.9. The molecule has 35 heavy (non-hydrogen) atoms. The Morgan fingerprint density at radius 2 is 1.71 bits per heavy atom. The van der Waals surface area contributed by atoms with Crippen molar-refractivity contribution in [2.75, 3.05) is 31.4 Å². The number of allylic oxidation sites excluding steroid dienone is 2. The summed E-state index contributed by atoms with van der Waals surface area (Å²) in [5.74, 6) is 2.36. The molecule has 1 heterocycles. The Kier molecular flexibility index (Phi) is 6.06. The van der Waals surface area contributed by atoms with Gasteiger partial charge in [-0.2, -0.15) is 0 Å². The minimum atomic E-state index is -3.76. The molecule has 2 aliphatic rings. The van der Waals surface area contributed by atoms with E-state index in [0.29, 0.717) is 22.9 Å². The molecule has 0 saturated carbocycles. The molecule has 0 aromatic heterocycles. The topological polar surface area (TPSA) is 85.9 Å². The summed E-state index contributed by atoms with van der Waals surface area (Å²) in [6.07, 6.45) is 5.23. The predicted octanol–water partition coefficient (Wildman–Crippen LogP) is 5.34. The second-order valence-electron chi connectivity index (χ2n) is 8.64. The van der Waals surface area contributed by atoms with Gasteiger partial charge in [-0.1, -0.05) is 24.3 Å². The van der Waals surface area contributed by atoms with E-state index in [4.69, 9.17) is 14.2 Å². The third-order valence-electron chi connectivity index (χ3n) is 6.76. The van der Waals surface area contributed by atoms with Crippen LogP contribution in [0.4, 0.5) is 11.4 Å². The number of hydrogen-bond donors (Lipinski definition) is 2. The lowest BCUT2D eigenvalue weighted by molar-refractivity contribution is 0.341. The fourth-order valence-electron chi connectivity index (χ4n) is 5.08. The highest BCUT2D eigenvalue weighted by atomic mass is 32.2. The number of sulfonamides is 1. The van der Waals surface area contributed by atoms with Crippen molar-refractivity contribution in [3.05, 3.63) is 83.9 Å². The Hall–Kier alpha value is -3.65. The monoisotopic (exact) mass is 492 g/mol. The van der Waals surface area contributed by atoms with Crippen molar-refractivity contribution in [3.63, 3.8) is 0 Å². The number of benzene rings is 3. The number of fused-ring (bicyclic) bond motifs is 3. The molecule has 182 valence electrons. The predicted molar refractivity (Wildman–Crippen MR) is 136 cm³/mol. The average molecular weight is 493 g/mol. The van der Waals surface area contributed by atoms with E-state index in [1.165, 1.54) is 0 Å². The molecule has 7 nitrogen and oxygen atoms in total. The van der Waals surface area contributed by atoms with Gasteiger partial charge in [0.05, 0.1) is 32.3 Å². The number of methoxy groups -OCH3 is 3. The number of ether oxygens (including phenoxy) is 3. The van der Waals surface area contributed by atoms with Gasteiger partial charge in [-0.3, -0.25) is 4.72 Å². The zero-order chi connectivity index (χ0) is 24.6. The van der Waals surface area contributed by atoms with Crippen LogP contribution in [0.25, 0.3) is 0 Å². The Morgan fingerprint density at radius 3 is 2.43 bits per heavy atom. The summed E-state index contributed by atoms with van der Waals surface area (Å²) in [5, 5.41) is 3.65. The first kappa shape index (κ1) is 23.1. The minimum Gasteiger partial charge on any atom is -0.497 e. The van der Waals surface area contributed by atoms with E-state index in [1.807, 2.05) is 18.2 Å². The molecule has 0 amide bonds. The number of nitrogens with one attached hydrogen (secondary N) is 2. The normalized spacial score (nSPS) is 20.4. The van der Waals surface area contributed by atoms with E-state index >= 15 is 0 Å². The SMILES string of the molecule is COc1ccc(NS(=O)(=O)c2ccc3c(c2)[C@H]2C=CC[C@@H]2[C@@H](c2cccc(OC)c2OC)N3)cc1. The lowest BCUT2D eigenvalue weighted by atomic mass is 9.77. The lowest BCUT2D eigenvalue weighted by Gasteiger charge is -2.38. The molecular weight excluding hydrogens is 464 g/mol. The molecule has 1 aliphatic heterocycles. The van der Waals surface area contributed by atoms with Crippen molar-refractivity contribution in [3.8, 4) is 17.2 Å². The summed E-state index contributed by atoms with van der Waals surface area (Å²) < 4.78 is 45.4. The van der Waals surface area contributed by atoms with Crippen LogP contribution in [-0.4, -0.2) is 29.7 Å². The van der Waals surface area contributed by atoms with Gasteiger partial charge in [0.2, 0.25) is 0 Å². The minimum absolute atomic E-state index is 0.00701. The molecule has 0 fully saturated rings. The molecule has 0 radical (unpaired) electrons. The van der Waals surface area contributed by atoms with Crippen LogP contribution in [-0.2, 0) is 10.0 Å². The second-order valence-corrected chi connectivity index (χ2v) is 10.3. The van der Waals surface area contributed by atoms with Crippen molar-refractivity contribution in [2.24, 2.45) is 5.92 Å². The second kappa shape index (κ2) is 9.19. The van der Waals surface area contributed by atoms with Gasteiger partial charge in [-0.15, -0.1) is 0 Å². The number of para-hydroxylation sites is 1. The highest BCUT2D eigenvalue weighted by molar-refractivity contribution is 7.92. The molecule has 2 N–H and O–H groups in total. The van der Waals surface area contributed by atoms with Crippen molar-refractivity contribution in [1.82, 2.24) is 0 Å². The van der Waals surface area contributed by atoms with Crippen LogP contribution in [0, 0.1) is 5.92 Å². The van der Waals surface area contributed by atoms with E-state index in [2.05, 4.69) is 28.3 Å². The Bertz CT molecular complexity index is 1370. The fraction of sp³-hybridized carbons (Fsp3) is 0.259. The van der Waals surface area contributed by atoms with Gasteiger partial charge < -0.3 is 19.5 Å². The first-order chi connectivity index (χ1) is 16.9. The van der Waals surface area contributed by atoms with Gasteiger partial charge >= 0.3 is 0 Å². The van der Waals surface area contributed by atoms with Crippen LogP contribution in [0.1, 0.15) is 29.5 Å². The van der Waals surface area contributed by atoms with E-state index in [1.54, 1.807) is 57.7 Å². The maximum absolute atomic E-state index is 13.2. The van der Waals surface area contributed by atoms with Crippen molar-refractivity contribution in [2.45, 2.75) is 23.3 Å². The molecule has 3 aromatic rings. The van der Waals surface area contributed by atoms with E-state index in [-0.39, 0.29) is 22.8 Å². The fourth-order valence-corrected chi connectivity index (χ4v) is 6.17. The standard InChI is InChI=1S/C27H28N2O5S/c1-32-18-12-10-17(11-13-18)29-35(30,31)19-14-15-24-23(16-19)20-6-4-7-21(20)26(28-24)22-8-5-9-25(33-2)27(22)34-3/h4-6,8-16,20-21,26,28-29H,7H2,1-3H3/t20-,21-,26-/m0/s1. The largest absolute Gasteiger partial charge is 0.497 e. The zero-order valence-corrected chi connectivity index (χ0v) is 20.6. The molecule has 3 aromatic carbocycles. The van der Waals surface area contributed by atoms with Gasteiger partial charge in [0.15, 0.2) is 11.5 Å². The summed E-state index contributed by atoms with van der Waals surface area (Å²) >= 11 is 0. The van der Waals surface area contributed by atoms with E-state index < -0.39 is 10.0 Å². The van der Waals surface area contributed by atoms with E-state index in [0.717, 1.165) is 23.2 Å². The van der Waals surface area contributed by atoms with Crippen LogP contribution in [0.3, 0.4) is 0 Å². The Labute approximate surface area is 205 Å². The summed E-state index contributed by atoms with van der Waals surface area (Å²) in [6, 6.07) is 17.9. The molecule has 8 heteroatoms. The number of hydrogen-bond acceptors (Lipinski definition) is 6. The summed E-state index contributed by atoms with van der Waals surface area (Å²) in [7, 11) is 1.09. The van der Waals surface area contributed by atoms with Crippen LogP contribution in [0.2, 0.25) is 0 Å². The molecule has 5 rings (SSSR count). The summed E-state index contributed by atoms with van der Waals surface area (Å²) in [4.78, 5) is 0.227. The van der Waals surface area contributed by atoms with Gasteiger partial charge in [0.1, 0.15) is 5.75 Å². The highest BCUT2D eigenvalue weighted by Crippen LogP contribution is 2.52. The van der Waals surface area contributed by atoms with Crippen molar-refractivity contribution in [1.29, 1.82) is 0 Å². The summed E-state index contributed by atoms with van der Waals surface area (Å²) in [6.45, 7) is 0. The molecule has 3 atom stereocenters. The van der Waals surface area contributed by atoms with Crippen LogP contribution in [0.15, 0.2) is 77.7 Å². The number of rotatable bonds is 7. The highest BCUT2D eigenvalue weighted by Gasteiger charge is 2.40. The lowest BCUT2D eigenvalue weighted by Crippen LogP contribution is -2.29. The molecule has 1 aliphatic carbocycles. The van der Waals surface area contributed by atoms with Crippen LogP contribution < -0.4 is 24.2 Å². The average Bonchev–Trinajstić information content (AvgIpc) is 3.38. The smallest absolute Gasteiger partial charge is 0.261 e. The van der Waals surface area contributed by atoms with Gasteiger partial charge in [-0.05, 0) is 66.4 Å². The molecule has 0 saturated heterocycles. The third-order valence-corrected chi connectivity index (χ3v) is 8.13. The zero-order valence-electron chi connectivity index (χ0n) is 19.8. The maximum atomic E-state index is 13.2. The van der Waals surface area contributed by atoms with Crippen molar-refractivity contribution < 1.29 is 22.6 Å². The number of anilines is 2. The Morgan fingerprint density at radius 1 is 0.914 bits per heavy atom. The van der Waals surface area contributed by atoms with Crippen LogP contribution >= 0.6 is 0 Å². The van der Waals surface area contributed by atoms with Gasteiger partial charge in [0.25, 0.3) is 10.0 Å². The van der Waals surface area contributed by atoms with Gasteiger partial charge in [-0.25, -0.2) is 8.42 Å². The molecule has 0 bridgehead atoms. The van der Waals surface area contributed by atoms with Crippen LogP contribution in [0.5, 0.6) is 17.2 Å². The molecule has 0 unspecified atom stereocenters. The van der Waals surface area contributed by atoms with Crippen molar-refractivity contribution >= 4 is 21.4 Å². The van der Waals surface area contributed by atoms with Gasteiger partial charge in [0, 0.05) is 22.9 Å². The maximum Gasteiger partial charge on any atom is 0.261 e. The quantitative estimate of drug-likeness (QED) is 0.433.